The third kappa shape index (κ3) is 3.99. The highest BCUT2D eigenvalue weighted by Gasteiger charge is 2.62. The molecule has 2 rings (SSSR count). The molecule has 0 unspecified atom stereocenters. The molecule has 0 aromatic heterocycles. The Morgan fingerprint density at radius 1 is 1.21 bits per heavy atom. The maximum atomic E-state index is 13.7. The van der Waals surface area contributed by atoms with Gasteiger partial charge in [-0.3, -0.25) is 4.79 Å². The van der Waals surface area contributed by atoms with E-state index < -0.39 is 35.0 Å². The molecule has 24 heavy (non-hydrogen) atoms. The lowest BCUT2D eigenvalue weighted by molar-refractivity contribution is -0.147. The fraction of sp³-hybridized carbons (Fsp3) is 0.444. The summed E-state index contributed by atoms with van der Waals surface area (Å²) in [7, 11) is 0. The molecule has 0 heterocycles. The maximum absolute atomic E-state index is 13.7. The maximum Gasteiger partial charge on any atom is 0.366 e. The molecule has 0 saturated heterocycles. The van der Waals surface area contributed by atoms with Crippen LogP contribution in [0.15, 0.2) is 36.2 Å². The largest absolute Gasteiger partial charge is 0.461 e. The third-order valence-electron chi connectivity index (χ3n) is 4.26. The first-order valence-corrected chi connectivity index (χ1v) is 7.73. The molecule has 0 N–H and O–H groups in total. The monoisotopic (exact) mass is 338 g/mol. The first-order chi connectivity index (χ1) is 11.3. The lowest BCUT2D eigenvalue weighted by Gasteiger charge is -2.05. The van der Waals surface area contributed by atoms with Gasteiger partial charge in [0, 0.05) is 0 Å². The van der Waals surface area contributed by atoms with Crippen LogP contribution in [-0.2, 0) is 25.7 Å². The van der Waals surface area contributed by atoms with E-state index in [0.717, 1.165) is 6.08 Å². The SMILES string of the molecule is CCOC(=O)/C(F)=C/[C@H]1[C@@H](C(=O)OCc2ccc(F)cc2)C1(C)C. The molecular weight excluding hydrogens is 318 g/mol. The van der Waals surface area contributed by atoms with Gasteiger partial charge in [0.2, 0.25) is 5.83 Å². The van der Waals surface area contributed by atoms with E-state index in [1.54, 1.807) is 20.8 Å². The molecule has 1 saturated carbocycles. The van der Waals surface area contributed by atoms with Crippen LogP contribution in [0.5, 0.6) is 0 Å². The summed E-state index contributed by atoms with van der Waals surface area (Å²) in [6.45, 7) is 5.29. The summed E-state index contributed by atoms with van der Waals surface area (Å²) in [5.41, 5.74) is 0.164. The molecular formula is C18H20F2O4. The standard InChI is InChI=1S/C18H20F2O4/c1-4-23-16(21)14(20)9-13-15(18(13,2)3)17(22)24-10-11-5-7-12(19)8-6-11/h5-9,13,15H,4,10H2,1-3H3/b14-9-/t13-,15-/m0/s1. The number of carbonyl (C=O) groups is 2. The molecule has 1 aliphatic rings. The highest BCUT2D eigenvalue weighted by molar-refractivity contribution is 5.86. The Kier molecular flexibility index (Phi) is 5.36. The van der Waals surface area contributed by atoms with Crippen LogP contribution in [0.1, 0.15) is 26.3 Å². The van der Waals surface area contributed by atoms with Crippen molar-refractivity contribution in [2.24, 2.45) is 17.3 Å². The first kappa shape index (κ1) is 18.1. The average molecular weight is 338 g/mol. The Balaban J connectivity index is 1.96. The van der Waals surface area contributed by atoms with Gasteiger partial charge in [-0.1, -0.05) is 26.0 Å². The fourth-order valence-electron chi connectivity index (χ4n) is 2.69. The Hall–Kier alpha value is -2.24. The van der Waals surface area contributed by atoms with Crippen LogP contribution in [-0.4, -0.2) is 18.5 Å². The number of benzene rings is 1. The van der Waals surface area contributed by atoms with E-state index in [0.29, 0.717) is 5.56 Å². The number of hydrogen-bond acceptors (Lipinski definition) is 4. The minimum atomic E-state index is -1.03. The summed E-state index contributed by atoms with van der Waals surface area (Å²) in [6, 6.07) is 5.62. The molecule has 0 bridgehead atoms. The lowest BCUT2D eigenvalue weighted by atomic mass is 10.1. The Bertz CT molecular complexity index is 649. The van der Waals surface area contributed by atoms with E-state index in [-0.39, 0.29) is 19.0 Å². The summed E-state index contributed by atoms with van der Waals surface area (Å²) in [5.74, 6) is -3.82. The van der Waals surface area contributed by atoms with Gasteiger partial charge >= 0.3 is 11.9 Å². The number of ether oxygens (including phenoxy) is 2. The van der Waals surface area contributed by atoms with Crippen molar-refractivity contribution in [3.63, 3.8) is 0 Å². The number of rotatable bonds is 6. The Labute approximate surface area is 139 Å². The minimum absolute atomic E-state index is 0.0164. The number of halogens is 2. The van der Waals surface area contributed by atoms with Crippen LogP contribution in [0, 0.1) is 23.1 Å². The second kappa shape index (κ2) is 7.11. The molecule has 1 aromatic carbocycles. The van der Waals surface area contributed by atoms with Crippen LogP contribution in [0.25, 0.3) is 0 Å². The van der Waals surface area contributed by atoms with E-state index in [9.17, 15) is 18.4 Å². The van der Waals surface area contributed by atoms with Crippen molar-refractivity contribution in [3.8, 4) is 0 Å². The molecule has 0 aliphatic heterocycles. The van der Waals surface area contributed by atoms with Gasteiger partial charge in [-0.15, -0.1) is 0 Å². The molecule has 0 spiro atoms. The van der Waals surface area contributed by atoms with Crippen molar-refractivity contribution in [1.29, 1.82) is 0 Å². The molecule has 130 valence electrons. The molecule has 0 radical (unpaired) electrons. The Morgan fingerprint density at radius 2 is 1.83 bits per heavy atom. The van der Waals surface area contributed by atoms with Gasteiger partial charge in [0.1, 0.15) is 12.4 Å². The molecule has 6 heteroatoms. The number of allylic oxidation sites excluding steroid dienone is 1. The number of esters is 2. The topological polar surface area (TPSA) is 52.6 Å². The van der Waals surface area contributed by atoms with Crippen LogP contribution < -0.4 is 0 Å². The van der Waals surface area contributed by atoms with Crippen molar-refractivity contribution in [3.05, 3.63) is 47.5 Å². The van der Waals surface area contributed by atoms with Gasteiger partial charge in [0.15, 0.2) is 0 Å². The normalized spacial score (nSPS) is 22.0. The number of hydrogen-bond donors (Lipinski definition) is 0. The quantitative estimate of drug-likeness (QED) is 0.588. The van der Waals surface area contributed by atoms with Crippen molar-refractivity contribution in [2.75, 3.05) is 6.61 Å². The molecule has 0 amide bonds. The van der Waals surface area contributed by atoms with Crippen molar-refractivity contribution >= 4 is 11.9 Å². The lowest BCUT2D eigenvalue weighted by Crippen LogP contribution is -2.10. The van der Waals surface area contributed by atoms with Gasteiger partial charge in [0.25, 0.3) is 0 Å². The molecule has 1 aliphatic carbocycles. The van der Waals surface area contributed by atoms with Gasteiger partial charge in [-0.05, 0) is 42.0 Å². The second-order valence-electron chi connectivity index (χ2n) is 6.29. The predicted octanol–water partition coefficient (Wildman–Crippen LogP) is 3.56. The Morgan fingerprint density at radius 3 is 2.42 bits per heavy atom. The van der Waals surface area contributed by atoms with Crippen molar-refractivity contribution in [2.45, 2.75) is 27.4 Å². The van der Waals surface area contributed by atoms with Crippen LogP contribution in [0.3, 0.4) is 0 Å². The molecule has 1 aromatic rings. The molecule has 4 nitrogen and oxygen atoms in total. The zero-order chi connectivity index (χ0) is 17.9. The van der Waals surface area contributed by atoms with Gasteiger partial charge in [0.05, 0.1) is 12.5 Å². The summed E-state index contributed by atoms with van der Waals surface area (Å²) < 4.78 is 36.4. The van der Waals surface area contributed by atoms with E-state index in [2.05, 4.69) is 4.74 Å². The van der Waals surface area contributed by atoms with Crippen LogP contribution in [0.2, 0.25) is 0 Å². The van der Waals surface area contributed by atoms with Gasteiger partial charge < -0.3 is 9.47 Å². The second-order valence-corrected chi connectivity index (χ2v) is 6.29. The summed E-state index contributed by atoms with van der Waals surface area (Å²) in [5, 5.41) is 0. The van der Waals surface area contributed by atoms with Crippen molar-refractivity contribution < 1.29 is 27.8 Å². The average Bonchev–Trinajstić information content (AvgIpc) is 3.07. The van der Waals surface area contributed by atoms with E-state index in [4.69, 9.17) is 4.74 Å². The number of carbonyl (C=O) groups excluding carboxylic acids is 2. The summed E-state index contributed by atoms with van der Waals surface area (Å²) in [4.78, 5) is 23.5. The minimum Gasteiger partial charge on any atom is -0.461 e. The molecule has 2 atom stereocenters. The smallest absolute Gasteiger partial charge is 0.366 e. The molecule has 1 fully saturated rings. The van der Waals surface area contributed by atoms with E-state index in [1.165, 1.54) is 24.3 Å². The van der Waals surface area contributed by atoms with Gasteiger partial charge in [-0.25, -0.2) is 9.18 Å². The van der Waals surface area contributed by atoms with E-state index in [1.807, 2.05) is 0 Å². The van der Waals surface area contributed by atoms with Crippen LogP contribution in [0.4, 0.5) is 8.78 Å². The zero-order valence-corrected chi connectivity index (χ0v) is 13.8. The van der Waals surface area contributed by atoms with Gasteiger partial charge in [-0.2, -0.15) is 4.39 Å². The van der Waals surface area contributed by atoms with E-state index >= 15 is 0 Å². The highest BCUT2D eigenvalue weighted by atomic mass is 19.1. The zero-order valence-electron chi connectivity index (χ0n) is 13.8. The first-order valence-electron chi connectivity index (χ1n) is 7.73. The van der Waals surface area contributed by atoms with Crippen LogP contribution >= 0.6 is 0 Å². The third-order valence-corrected chi connectivity index (χ3v) is 4.26. The summed E-state index contributed by atoms with van der Waals surface area (Å²) in [6.07, 6.45) is 1.13. The summed E-state index contributed by atoms with van der Waals surface area (Å²) >= 11 is 0. The van der Waals surface area contributed by atoms with Crippen molar-refractivity contribution in [1.82, 2.24) is 0 Å². The highest BCUT2D eigenvalue weighted by Crippen LogP contribution is 2.60. The fourth-order valence-corrected chi connectivity index (χ4v) is 2.69. The predicted molar refractivity (Wildman–Crippen MR) is 82.8 cm³/mol.